The van der Waals surface area contributed by atoms with E-state index < -0.39 is 24.0 Å². The van der Waals surface area contributed by atoms with Crippen molar-refractivity contribution in [3.05, 3.63) is 46.6 Å². The lowest BCUT2D eigenvalue weighted by atomic mass is 9.89. The molecule has 0 bridgehead atoms. The molecule has 9 heteroatoms. The number of nitrogens with zero attached hydrogens (tertiary/aromatic N) is 2. The SMILES string of the molecule is C=C1C([C@@H]2CN[C@H](/C=C/c3ccns3)C2)=C(C(=O)O)N(C(=O)C[C@@H](C)O)[C@H]1C=N. The third kappa shape index (κ3) is 4.36. The molecule has 1 aromatic heterocycles. The van der Waals surface area contributed by atoms with Crippen molar-refractivity contribution in [3.63, 3.8) is 0 Å². The highest BCUT2D eigenvalue weighted by molar-refractivity contribution is 7.06. The molecule has 2 aliphatic heterocycles. The maximum Gasteiger partial charge on any atom is 0.352 e. The standard InChI is InChI=1S/C20H24N4O4S/c1-11(25)7-17(26)24-16(9-21)12(2)18(19(24)20(27)28)13-8-14(22-10-13)3-4-15-5-6-23-29-15/h3-6,9,11,13-14,16,21-22,25H,2,7-8,10H2,1H3,(H,27,28)/b4-3+,21-9?/t11-,13+,14-,16+/m1/s1. The first kappa shape index (κ1) is 21.1. The Morgan fingerprint density at radius 2 is 2.31 bits per heavy atom. The monoisotopic (exact) mass is 416 g/mol. The molecule has 0 aromatic carbocycles. The number of hydrogen-bond donors (Lipinski definition) is 4. The molecule has 29 heavy (non-hydrogen) atoms. The molecule has 1 fully saturated rings. The lowest BCUT2D eigenvalue weighted by Gasteiger charge is -2.24. The fourth-order valence-corrected chi connectivity index (χ4v) is 4.38. The zero-order chi connectivity index (χ0) is 21.1. The summed E-state index contributed by atoms with van der Waals surface area (Å²) >= 11 is 1.39. The van der Waals surface area contributed by atoms with Crippen LogP contribution in [-0.4, -0.2) is 62.3 Å². The molecule has 3 heterocycles. The second-order valence-corrected chi connectivity index (χ2v) is 8.11. The summed E-state index contributed by atoms with van der Waals surface area (Å²) in [5, 5.41) is 30.5. The normalized spacial score (nSPS) is 25.8. The van der Waals surface area contributed by atoms with E-state index in [0.717, 1.165) is 16.0 Å². The van der Waals surface area contributed by atoms with Crippen LogP contribution in [-0.2, 0) is 9.59 Å². The van der Waals surface area contributed by atoms with Gasteiger partial charge in [-0.25, -0.2) is 9.17 Å². The minimum absolute atomic E-state index is 0.0538. The van der Waals surface area contributed by atoms with E-state index in [0.29, 0.717) is 24.1 Å². The summed E-state index contributed by atoms with van der Waals surface area (Å²) in [5.41, 5.74) is 0.828. The summed E-state index contributed by atoms with van der Waals surface area (Å²) < 4.78 is 4.06. The number of aliphatic carboxylic acids is 1. The number of amides is 1. The predicted molar refractivity (Wildman–Crippen MR) is 111 cm³/mol. The molecule has 8 nitrogen and oxygen atoms in total. The first-order chi connectivity index (χ1) is 13.8. The molecular formula is C20H24N4O4S. The van der Waals surface area contributed by atoms with Gasteiger partial charge in [0.05, 0.1) is 18.6 Å². The summed E-state index contributed by atoms with van der Waals surface area (Å²) in [7, 11) is 0. The number of aliphatic hydroxyl groups excluding tert-OH is 1. The third-order valence-electron chi connectivity index (χ3n) is 5.10. The van der Waals surface area contributed by atoms with E-state index in [9.17, 15) is 19.8 Å². The molecule has 2 aliphatic rings. The first-order valence-corrected chi connectivity index (χ1v) is 10.1. The molecule has 0 saturated carbocycles. The van der Waals surface area contributed by atoms with Crippen molar-refractivity contribution < 1.29 is 19.8 Å². The van der Waals surface area contributed by atoms with Crippen LogP contribution >= 0.6 is 11.5 Å². The Balaban J connectivity index is 1.87. The van der Waals surface area contributed by atoms with Crippen LogP contribution in [0, 0.1) is 11.3 Å². The average Bonchev–Trinajstić information content (AvgIpc) is 3.37. The molecule has 3 rings (SSSR count). The highest BCUT2D eigenvalue weighted by Gasteiger charge is 2.44. The van der Waals surface area contributed by atoms with Crippen molar-refractivity contribution in [2.24, 2.45) is 5.92 Å². The van der Waals surface area contributed by atoms with Gasteiger partial charge in [-0.1, -0.05) is 12.7 Å². The highest BCUT2D eigenvalue weighted by Crippen LogP contribution is 2.40. The molecule has 4 N–H and O–H groups in total. The van der Waals surface area contributed by atoms with Gasteiger partial charge in [-0.2, -0.15) is 0 Å². The predicted octanol–water partition coefficient (Wildman–Crippen LogP) is 1.66. The van der Waals surface area contributed by atoms with Crippen LogP contribution in [0.4, 0.5) is 0 Å². The number of carboxylic acid groups (broad SMARTS) is 1. The molecule has 1 amide bonds. The van der Waals surface area contributed by atoms with Gasteiger partial charge in [-0.05, 0) is 48.2 Å². The minimum Gasteiger partial charge on any atom is -0.477 e. The first-order valence-electron chi connectivity index (χ1n) is 9.33. The Bertz CT molecular complexity index is 875. The Kier molecular flexibility index (Phi) is 6.41. The summed E-state index contributed by atoms with van der Waals surface area (Å²) in [6, 6.07) is 1.13. The summed E-state index contributed by atoms with van der Waals surface area (Å²) in [6.07, 6.45) is 6.30. The molecule has 0 radical (unpaired) electrons. The third-order valence-corrected chi connectivity index (χ3v) is 5.81. The van der Waals surface area contributed by atoms with E-state index in [1.807, 2.05) is 18.2 Å². The van der Waals surface area contributed by atoms with Crippen LogP contribution in [0.1, 0.15) is 24.6 Å². The van der Waals surface area contributed by atoms with E-state index >= 15 is 0 Å². The van der Waals surface area contributed by atoms with E-state index in [-0.39, 0.29) is 24.1 Å². The van der Waals surface area contributed by atoms with Gasteiger partial charge in [0, 0.05) is 35.8 Å². The number of rotatable bonds is 7. The number of aromatic nitrogens is 1. The number of carbonyl (C=O) groups excluding carboxylic acids is 1. The minimum atomic E-state index is -1.23. The van der Waals surface area contributed by atoms with Crippen molar-refractivity contribution in [1.82, 2.24) is 14.6 Å². The van der Waals surface area contributed by atoms with Gasteiger partial charge < -0.3 is 20.9 Å². The fourth-order valence-electron chi connectivity index (χ4n) is 3.87. The van der Waals surface area contributed by atoms with Crippen molar-refractivity contribution >= 4 is 35.7 Å². The van der Waals surface area contributed by atoms with Crippen molar-refractivity contribution in [1.29, 1.82) is 5.41 Å². The lowest BCUT2D eigenvalue weighted by molar-refractivity contribution is -0.140. The maximum atomic E-state index is 12.6. The Morgan fingerprint density at radius 1 is 1.55 bits per heavy atom. The topological polar surface area (TPSA) is 127 Å². The van der Waals surface area contributed by atoms with Crippen molar-refractivity contribution in [3.8, 4) is 0 Å². The van der Waals surface area contributed by atoms with Gasteiger partial charge in [0.2, 0.25) is 5.91 Å². The van der Waals surface area contributed by atoms with Crippen molar-refractivity contribution in [2.75, 3.05) is 6.54 Å². The van der Waals surface area contributed by atoms with Crippen LogP contribution in [0.3, 0.4) is 0 Å². The van der Waals surface area contributed by atoms with Crippen LogP contribution in [0.25, 0.3) is 6.08 Å². The summed E-state index contributed by atoms with van der Waals surface area (Å²) in [6.45, 7) is 6.02. The second kappa shape index (κ2) is 8.81. The molecule has 0 spiro atoms. The van der Waals surface area contributed by atoms with E-state index in [1.54, 1.807) is 6.20 Å². The second-order valence-electron chi connectivity index (χ2n) is 7.24. The zero-order valence-electron chi connectivity index (χ0n) is 16.0. The Morgan fingerprint density at radius 3 is 2.90 bits per heavy atom. The van der Waals surface area contributed by atoms with E-state index in [4.69, 9.17) is 5.41 Å². The Hall–Kier alpha value is -2.62. The van der Waals surface area contributed by atoms with Gasteiger partial charge in [-0.3, -0.25) is 9.69 Å². The molecule has 0 unspecified atom stereocenters. The van der Waals surface area contributed by atoms with Gasteiger partial charge in [0.1, 0.15) is 5.70 Å². The lowest BCUT2D eigenvalue weighted by Crippen LogP contribution is -2.40. The summed E-state index contributed by atoms with van der Waals surface area (Å²) in [4.78, 5) is 26.8. The van der Waals surface area contributed by atoms with Gasteiger partial charge in [0.15, 0.2) is 0 Å². The molecule has 154 valence electrons. The average molecular weight is 417 g/mol. The maximum absolute atomic E-state index is 12.6. The molecule has 1 saturated heterocycles. The number of nitrogens with one attached hydrogen (secondary N) is 2. The quantitative estimate of drug-likeness (QED) is 0.501. The van der Waals surface area contributed by atoms with Crippen LogP contribution in [0.5, 0.6) is 0 Å². The number of carbonyl (C=O) groups is 2. The van der Waals surface area contributed by atoms with Crippen LogP contribution in [0.2, 0.25) is 0 Å². The number of carboxylic acids is 1. The van der Waals surface area contributed by atoms with E-state index in [2.05, 4.69) is 16.3 Å². The summed E-state index contributed by atoms with van der Waals surface area (Å²) in [5.74, 6) is -1.90. The molecular weight excluding hydrogens is 392 g/mol. The Labute approximate surface area is 172 Å². The molecule has 4 atom stereocenters. The number of aliphatic hydroxyl groups is 1. The molecule has 1 aromatic rings. The van der Waals surface area contributed by atoms with Gasteiger partial charge >= 0.3 is 5.97 Å². The van der Waals surface area contributed by atoms with Crippen LogP contribution < -0.4 is 5.32 Å². The molecule has 0 aliphatic carbocycles. The zero-order valence-corrected chi connectivity index (χ0v) is 16.9. The van der Waals surface area contributed by atoms with Crippen molar-refractivity contribution in [2.45, 2.75) is 38.0 Å². The highest BCUT2D eigenvalue weighted by atomic mass is 32.1. The van der Waals surface area contributed by atoms with Gasteiger partial charge in [-0.15, -0.1) is 0 Å². The van der Waals surface area contributed by atoms with Crippen LogP contribution in [0.15, 0.2) is 41.8 Å². The smallest absolute Gasteiger partial charge is 0.352 e. The fraction of sp³-hybridized carbons (Fsp3) is 0.400. The van der Waals surface area contributed by atoms with Gasteiger partial charge in [0.25, 0.3) is 0 Å². The largest absolute Gasteiger partial charge is 0.477 e. The number of hydrogen-bond acceptors (Lipinski definition) is 7. The van der Waals surface area contributed by atoms with E-state index in [1.165, 1.54) is 18.5 Å².